The first-order valence-electron chi connectivity index (χ1n) is 10.9. The van der Waals surface area contributed by atoms with E-state index in [0.717, 1.165) is 26.5 Å². The van der Waals surface area contributed by atoms with Crippen LogP contribution in [0.5, 0.6) is 0 Å². The third-order valence-corrected chi connectivity index (χ3v) is 7.75. The molecule has 0 bridgehead atoms. The minimum absolute atomic E-state index is 0.0349. The Balaban J connectivity index is 1.32. The summed E-state index contributed by atoms with van der Waals surface area (Å²) >= 11 is 2.83. The molecule has 36 heavy (non-hydrogen) atoms. The summed E-state index contributed by atoms with van der Waals surface area (Å²) < 4.78 is 3.79. The number of nitro benzene ring substituents is 1. The van der Waals surface area contributed by atoms with Gasteiger partial charge < -0.3 is 9.88 Å². The number of carbonyl (C=O) groups is 1. The molecule has 0 aliphatic heterocycles. The zero-order valence-electron chi connectivity index (χ0n) is 19.6. The number of aromatic nitrogens is 5. The van der Waals surface area contributed by atoms with Crippen LogP contribution in [0.15, 0.2) is 59.8 Å². The maximum atomic E-state index is 12.5. The number of carbonyl (C=O) groups excluding carboxylic acids is 1. The number of amides is 1. The molecular formula is C24H21N7O3S2. The van der Waals surface area contributed by atoms with Crippen molar-refractivity contribution in [2.45, 2.75) is 19.0 Å². The highest BCUT2D eigenvalue weighted by atomic mass is 32.2. The fraction of sp³-hybridized carbons (Fsp3) is 0.167. The van der Waals surface area contributed by atoms with Crippen molar-refractivity contribution in [1.82, 2.24) is 24.5 Å². The molecule has 10 nitrogen and oxygen atoms in total. The molecule has 0 radical (unpaired) electrons. The molecular weight excluding hydrogens is 498 g/mol. The average Bonchev–Trinajstić information content (AvgIpc) is 3.54. The molecule has 5 aromatic rings. The van der Waals surface area contributed by atoms with Crippen molar-refractivity contribution in [3.63, 3.8) is 0 Å². The number of benzene rings is 2. The Morgan fingerprint density at radius 2 is 1.92 bits per heavy atom. The first-order valence-corrected chi connectivity index (χ1v) is 12.7. The van der Waals surface area contributed by atoms with E-state index in [4.69, 9.17) is 0 Å². The standard InChI is InChI=1S/C24H21N7O3S2/c1-14-9-10-16(11-19(14)31(33)34)25-21(32)13-35-24-27-26-22(29(24)3)20-12-18-15(2)28-30(23(18)36-20)17-7-5-4-6-8-17/h4-12H,13H2,1-3H3,(H,25,32). The molecule has 0 aliphatic rings. The fourth-order valence-electron chi connectivity index (χ4n) is 3.77. The molecule has 3 heterocycles. The number of aryl methyl sites for hydroxylation is 2. The van der Waals surface area contributed by atoms with E-state index in [2.05, 4.69) is 26.7 Å². The van der Waals surface area contributed by atoms with E-state index in [9.17, 15) is 14.9 Å². The van der Waals surface area contributed by atoms with Crippen LogP contribution in [0.3, 0.4) is 0 Å². The van der Waals surface area contributed by atoms with Crippen molar-refractivity contribution in [2.75, 3.05) is 11.1 Å². The van der Waals surface area contributed by atoms with Gasteiger partial charge in [0.05, 0.1) is 26.9 Å². The predicted octanol–water partition coefficient (Wildman–Crippen LogP) is 5.14. The quantitative estimate of drug-likeness (QED) is 0.180. The summed E-state index contributed by atoms with van der Waals surface area (Å²) in [6.07, 6.45) is 0. The Bertz CT molecular complexity index is 1600. The van der Waals surface area contributed by atoms with Gasteiger partial charge in [-0.25, -0.2) is 4.68 Å². The molecule has 5 rings (SSSR count). The lowest BCUT2D eigenvalue weighted by molar-refractivity contribution is -0.385. The van der Waals surface area contributed by atoms with Crippen LogP contribution in [0.1, 0.15) is 11.3 Å². The third kappa shape index (κ3) is 4.48. The SMILES string of the molecule is Cc1ccc(NC(=O)CSc2nnc(-c3cc4c(C)nn(-c5ccccc5)c4s3)n2C)cc1[N+](=O)[O-]. The van der Waals surface area contributed by atoms with Crippen LogP contribution < -0.4 is 5.32 Å². The first-order chi connectivity index (χ1) is 17.3. The van der Waals surface area contributed by atoms with Crippen LogP contribution in [0.2, 0.25) is 0 Å². The van der Waals surface area contributed by atoms with Gasteiger partial charge in [-0.15, -0.1) is 21.5 Å². The van der Waals surface area contributed by atoms with Gasteiger partial charge in [0.1, 0.15) is 4.83 Å². The van der Waals surface area contributed by atoms with Crippen LogP contribution in [0.4, 0.5) is 11.4 Å². The topological polar surface area (TPSA) is 121 Å². The molecule has 0 saturated heterocycles. The zero-order valence-corrected chi connectivity index (χ0v) is 21.3. The minimum Gasteiger partial charge on any atom is -0.325 e. The molecule has 1 N–H and O–H groups in total. The minimum atomic E-state index is -0.465. The number of nitro groups is 1. The molecule has 12 heteroatoms. The number of thioether (sulfide) groups is 1. The van der Waals surface area contributed by atoms with Crippen LogP contribution >= 0.6 is 23.1 Å². The van der Waals surface area contributed by atoms with Crippen LogP contribution in [0, 0.1) is 24.0 Å². The summed E-state index contributed by atoms with van der Waals surface area (Å²) in [6, 6.07) is 16.6. The smallest absolute Gasteiger partial charge is 0.274 e. The molecule has 0 saturated carbocycles. The average molecular weight is 520 g/mol. The number of anilines is 1. The second-order valence-electron chi connectivity index (χ2n) is 8.12. The van der Waals surface area contributed by atoms with E-state index in [1.54, 1.807) is 30.4 Å². The van der Waals surface area contributed by atoms with Crippen LogP contribution in [0.25, 0.3) is 26.6 Å². The maximum Gasteiger partial charge on any atom is 0.274 e. The second kappa shape index (κ2) is 9.55. The van der Waals surface area contributed by atoms with Crippen molar-refractivity contribution in [3.05, 3.63) is 76.0 Å². The zero-order chi connectivity index (χ0) is 25.4. The summed E-state index contributed by atoms with van der Waals surface area (Å²) in [5.74, 6) is 0.498. The van der Waals surface area contributed by atoms with Gasteiger partial charge in [-0.2, -0.15) is 5.10 Å². The van der Waals surface area contributed by atoms with Gasteiger partial charge in [-0.05, 0) is 38.1 Å². The number of fused-ring (bicyclic) bond motifs is 1. The van der Waals surface area contributed by atoms with E-state index in [1.807, 2.05) is 53.6 Å². The fourth-order valence-corrected chi connectivity index (χ4v) is 5.68. The molecule has 1 amide bonds. The molecule has 0 aliphatic carbocycles. The van der Waals surface area contributed by atoms with Crippen molar-refractivity contribution in [2.24, 2.45) is 7.05 Å². The van der Waals surface area contributed by atoms with E-state index in [0.29, 0.717) is 22.2 Å². The summed E-state index contributed by atoms with van der Waals surface area (Å²) in [5, 5.41) is 28.8. The normalized spacial score (nSPS) is 11.2. The molecule has 182 valence electrons. The second-order valence-corrected chi connectivity index (χ2v) is 10.1. The lowest BCUT2D eigenvalue weighted by atomic mass is 10.2. The Hall–Kier alpha value is -4.03. The highest BCUT2D eigenvalue weighted by Gasteiger charge is 2.19. The van der Waals surface area contributed by atoms with Crippen molar-refractivity contribution in [1.29, 1.82) is 0 Å². The number of para-hydroxylation sites is 1. The number of hydrogen-bond donors (Lipinski definition) is 1. The molecule has 0 spiro atoms. The summed E-state index contributed by atoms with van der Waals surface area (Å²) in [7, 11) is 1.86. The largest absolute Gasteiger partial charge is 0.325 e. The van der Waals surface area contributed by atoms with E-state index >= 15 is 0 Å². The Morgan fingerprint density at radius 3 is 2.67 bits per heavy atom. The summed E-state index contributed by atoms with van der Waals surface area (Å²) in [6.45, 7) is 3.64. The Kier molecular flexibility index (Phi) is 6.29. The van der Waals surface area contributed by atoms with E-state index in [1.165, 1.54) is 17.8 Å². The number of nitrogens with zero attached hydrogens (tertiary/aromatic N) is 6. The van der Waals surface area contributed by atoms with Crippen molar-refractivity contribution >= 4 is 50.6 Å². The highest BCUT2D eigenvalue weighted by molar-refractivity contribution is 7.99. The lowest BCUT2D eigenvalue weighted by Gasteiger charge is -2.06. The van der Waals surface area contributed by atoms with E-state index < -0.39 is 4.92 Å². The lowest BCUT2D eigenvalue weighted by Crippen LogP contribution is -2.14. The van der Waals surface area contributed by atoms with Gasteiger partial charge in [0.2, 0.25) is 5.91 Å². The molecule has 3 aromatic heterocycles. The molecule has 2 aromatic carbocycles. The van der Waals surface area contributed by atoms with Gasteiger partial charge >= 0.3 is 0 Å². The maximum absolute atomic E-state index is 12.5. The predicted molar refractivity (Wildman–Crippen MR) is 141 cm³/mol. The van der Waals surface area contributed by atoms with Crippen LogP contribution in [-0.4, -0.2) is 41.1 Å². The van der Waals surface area contributed by atoms with Crippen LogP contribution in [-0.2, 0) is 11.8 Å². The summed E-state index contributed by atoms with van der Waals surface area (Å²) in [5.41, 5.74) is 2.80. The molecule has 0 atom stereocenters. The summed E-state index contributed by atoms with van der Waals surface area (Å²) in [4.78, 5) is 25.1. The molecule has 0 fully saturated rings. The number of thiophene rings is 1. The Labute approximate surface area is 214 Å². The van der Waals surface area contributed by atoms with Crippen molar-refractivity contribution in [3.8, 4) is 16.4 Å². The van der Waals surface area contributed by atoms with E-state index in [-0.39, 0.29) is 17.3 Å². The van der Waals surface area contributed by atoms with Gasteiger partial charge in [0.15, 0.2) is 11.0 Å². The number of hydrogen-bond acceptors (Lipinski definition) is 8. The third-order valence-electron chi connectivity index (χ3n) is 5.62. The van der Waals surface area contributed by atoms with Gasteiger partial charge in [-0.1, -0.05) is 36.0 Å². The number of rotatable bonds is 7. The van der Waals surface area contributed by atoms with Gasteiger partial charge in [-0.3, -0.25) is 14.9 Å². The Morgan fingerprint density at radius 1 is 1.14 bits per heavy atom. The van der Waals surface area contributed by atoms with Gasteiger partial charge in [0, 0.05) is 29.8 Å². The molecule has 0 unspecified atom stereocenters. The first kappa shape index (κ1) is 23.7. The van der Waals surface area contributed by atoms with Gasteiger partial charge in [0.25, 0.3) is 5.69 Å². The highest BCUT2D eigenvalue weighted by Crippen LogP contribution is 2.36. The monoisotopic (exact) mass is 519 g/mol. The van der Waals surface area contributed by atoms with Crippen molar-refractivity contribution < 1.29 is 9.72 Å². The number of nitrogens with one attached hydrogen (secondary N) is 1.